The predicted molar refractivity (Wildman–Crippen MR) is 197 cm³/mol. The zero-order valence-electron chi connectivity index (χ0n) is 33.5. The lowest BCUT2D eigenvalue weighted by Crippen LogP contribution is -2.66. The number of hydrogen-bond donors (Lipinski definition) is 5. The second-order valence-corrected chi connectivity index (χ2v) is 21.4. The highest BCUT2D eigenvalue weighted by Gasteiger charge is 2.70. The number of fused-ring (bicyclic) bond motifs is 7. The number of hydroxylamine groups is 2. The molecule has 0 bridgehead atoms. The summed E-state index contributed by atoms with van der Waals surface area (Å²) in [5, 5.41) is 39.5. The number of hydrogen-bond acceptors (Lipinski definition) is 7. The number of ketones is 1. The van der Waals surface area contributed by atoms with Crippen LogP contribution in [-0.4, -0.2) is 74.0 Å². The van der Waals surface area contributed by atoms with Gasteiger partial charge in [0.05, 0.1) is 12.7 Å². The average molecular weight is 712 g/mol. The first-order valence-electron chi connectivity index (χ1n) is 20.0. The van der Waals surface area contributed by atoms with Crippen LogP contribution in [0.15, 0.2) is 11.6 Å². The molecule has 9 nitrogen and oxygen atoms in total. The molecule has 0 unspecified atom stereocenters. The van der Waals surface area contributed by atoms with E-state index in [0.717, 1.165) is 44.9 Å². The van der Waals surface area contributed by atoms with Crippen molar-refractivity contribution in [3.63, 3.8) is 0 Å². The molecule has 6 aliphatic rings. The van der Waals surface area contributed by atoms with E-state index >= 15 is 0 Å². The van der Waals surface area contributed by atoms with Gasteiger partial charge in [-0.2, -0.15) is 5.06 Å². The molecule has 288 valence electrons. The van der Waals surface area contributed by atoms with Gasteiger partial charge in [-0.3, -0.25) is 14.4 Å². The van der Waals surface area contributed by atoms with Crippen LogP contribution in [0.5, 0.6) is 0 Å². The molecule has 6 rings (SSSR count). The van der Waals surface area contributed by atoms with Crippen molar-refractivity contribution in [3.05, 3.63) is 11.6 Å². The normalized spacial score (nSPS) is 45.2. The lowest BCUT2D eigenvalue weighted by atomic mass is 9.33. The monoisotopic (exact) mass is 712 g/mol. The molecule has 0 spiro atoms. The molecule has 9 heteroatoms. The maximum Gasteiger partial charge on any atom is 0.245 e. The van der Waals surface area contributed by atoms with Gasteiger partial charge in [-0.1, -0.05) is 54.0 Å². The summed E-state index contributed by atoms with van der Waals surface area (Å²) in [6.45, 7) is 23.1. The topological polar surface area (TPSA) is 139 Å². The summed E-state index contributed by atoms with van der Waals surface area (Å²) >= 11 is 0. The highest BCUT2D eigenvalue weighted by atomic mass is 16.5. The van der Waals surface area contributed by atoms with Gasteiger partial charge in [0.25, 0.3) is 0 Å². The molecule has 4 saturated carbocycles. The van der Waals surface area contributed by atoms with Gasteiger partial charge in [0.15, 0.2) is 5.78 Å². The van der Waals surface area contributed by atoms with Gasteiger partial charge in [0, 0.05) is 28.5 Å². The quantitative estimate of drug-likeness (QED) is 0.225. The Bertz CT molecular complexity index is 1470. The maximum absolute atomic E-state index is 14.7. The van der Waals surface area contributed by atoms with E-state index in [1.54, 1.807) is 0 Å². The van der Waals surface area contributed by atoms with E-state index in [1.807, 2.05) is 40.7 Å². The van der Waals surface area contributed by atoms with E-state index in [9.17, 15) is 29.8 Å². The van der Waals surface area contributed by atoms with Crippen LogP contribution in [0.4, 0.5) is 0 Å². The fourth-order valence-corrected chi connectivity index (χ4v) is 13.6. The highest BCUT2D eigenvalue weighted by Crippen LogP contribution is 2.75. The Balaban J connectivity index is 1.24. The summed E-state index contributed by atoms with van der Waals surface area (Å²) in [7, 11) is 0. The third-order valence-corrected chi connectivity index (χ3v) is 16.9. The lowest BCUT2D eigenvalue weighted by Gasteiger charge is -2.70. The van der Waals surface area contributed by atoms with Crippen LogP contribution in [0.2, 0.25) is 0 Å². The Hall–Kier alpha value is -1.81. The molecule has 2 amide bonds. The number of aliphatic hydroxyl groups is 2. The molecule has 0 aromatic carbocycles. The third-order valence-electron chi connectivity index (χ3n) is 16.9. The average Bonchev–Trinajstić information content (AvgIpc) is 3.02. The summed E-state index contributed by atoms with van der Waals surface area (Å²) in [4.78, 5) is 42.5. The summed E-state index contributed by atoms with van der Waals surface area (Å²) in [5.41, 5.74) is -1.48. The lowest BCUT2D eigenvalue weighted by molar-refractivity contribution is -0.246. The Kier molecular flexibility index (Phi) is 9.23. The number of nitrogens with zero attached hydrogens (tertiary/aromatic N) is 1. The van der Waals surface area contributed by atoms with Gasteiger partial charge in [-0.05, 0) is 143 Å². The first kappa shape index (κ1) is 38.9. The third kappa shape index (κ3) is 5.71. The molecule has 10 atom stereocenters. The molecule has 5 fully saturated rings. The minimum atomic E-state index is -1.08. The number of rotatable bonds is 5. The number of nitrogens with one attached hydrogen (secondary N) is 2. The van der Waals surface area contributed by atoms with Gasteiger partial charge in [-0.25, -0.2) is 0 Å². The van der Waals surface area contributed by atoms with E-state index in [-0.39, 0.29) is 68.7 Å². The number of allylic oxidation sites excluding steroid dienone is 2. The van der Waals surface area contributed by atoms with Crippen molar-refractivity contribution in [1.82, 2.24) is 15.7 Å². The fourth-order valence-electron chi connectivity index (χ4n) is 13.6. The summed E-state index contributed by atoms with van der Waals surface area (Å²) in [5.74, 6) is -0.156. The van der Waals surface area contributed by atoms with Crippen molar-refractivity contribution in [2.75, 3.05) is 6.61 Å². The van der Waals surface area contributed by atoms with Gasteiger partial charge in [0.2, 0.25) is 11.8 Å². The summed E-state index contributed by atoms with van der Waals surface area (Å²) < 4.78 is 0. The minimum Gasteiger partial charge on any atom is -0.394 e. The SMILES string of the molecule is CC1(C)[C@@H](O)CC[C@]2(C)[C@H]3C(=O)C=C4[C@@H]5C[C@@](C)(C(=O)N[C@H](CO)C(=O)NC6CC(C)(C)N(O)C(C)(C)C6)CC[C@]5(C)CC[C@@]4(C)[C@]3(C)CC[C@@H]12. The van der Waals surface area contributed by atoms with Crippen molar-refractivity contribution >= 4 is 17.6 Å². The highest BCUT2D eigenvalue weighted by molar-refractivity contribution is 5.96. The van der Waals surface area contributed by atoms with Crippen LogP contribution in [0.1, 0.15) is 147 Å². The fraction of sp³-hybridized carbons (Fsp3) is 0.881. The first-order chi connectivity index (χ1) is 23.3. The van der Waals surface area contributed by atoms with E-state index in [4.69, 9.17) is 0 Å². The minimum absolute atomic E-state index is 0.0262. The molecule has 1 aliphatic heterocycles. The molecule has 5 N–H and O–H groups in total. The zero-order chi connectivity index (χ0) is 38.0. The Morgan fingerprint density at radius 3 is 2.08 bits per heavy atom. The van der Waals surface area contributed by atoms with Crippen LogP contribution < -0.4 is 10.6 Å². The number of aliphatic hydroxyl groups excluding tert-OH is 2. The van der Waals surface area contributed by atoms with Gasteiger partial charge >= 0.3 is 0 Å². The molecule has 51 heavy (non-hydrogen) atoms. The Labute approximate surface area is 307 Å². The molecule has 1 saturated heterocycles. The largest absolute Gasteiger partial charge is 0.394 e. The van der Waals surface area contributed by atoms with E-state index < -0.39 is 35.0 Å². The molecule has 0 aromatic rings. The zero-order valence-corrected chi connectivity index (χ0v) is 33.5. The standard InChI is InChI=1S/C42H69N3O6/c1-35(2)21-25(22-36(3,4)45(35)51)43-33(49)28(24-46)44-34(50)39(8)17-16-38(7)18-19-41(10)26(27(38)23-39)20-29(47)32-40(9)14-13-31(48)37(5,6)30(40)12-15-42(32,41)11/h20,25,27-28,30-32,46,48,51H,12-19,21-24H2,1-11H3,(H,43,49)(H,44,50)/t27-,28+,30-,31-,32+,38+,39-,40-,41+,42+/m0/s1. The van der Waals surface area contributed by atoms with Crippen LogP contribution in [0, 0.1) is 50.2 Å². The molecule has 1 heterocycles. The smallest absolute Gasteiger partial charge is 0.245 e. The predicted octanol–water partition coefficient (Wildman–Crippen LogP) is 6.33. The van der Waals surface area contributed by atoms with Crippen molar-refractivity contribution in [2.45, 2.75) is 176 Å². The van der Waals surface area contributed by atoms with Crippen LogP contribution in [0.3, 0.4) is 0 Å². The molecule has 0 aromatic heterocycles. The van der Waals surface area contributed by atoms with Crippen molar-refractivity contribution in [1.29, 1.82) is 0 Å². The van der Waals surface area contributed by atoms with Gasteiger partial charge in [-0.15, -0.1) is 0 Å². The van der Waals surface area contributed by atoms with Crippen molar-refractivity contribution in [2.24, 2.45) is 50.2 Å². The number of carbonyl (C=O) groups is 3. The molecular weight excluding hydrogens is 642 g/mol. The van der Waals surface area contributed by atoms with Crippen LogP contribution in [-0.2, 0) is 14.4 Å². The number of piperidine rings is 1. The Morgan fingerprint density at radius 1 is 0.863 bits per heavy atom. The van der Waals surface area contributed by atoms with Gasteiger partial charge < -0.3 is 26.1 Å². The number of carbonyl (C=O) groups excluding carboxylic acids is 3. The second kappa shape index (κ2) is 12.1. The van der Waals surface area contributed by atoms with Crippen molar-refractivity contribution < 1.29 is 29.8 Å². The van der Waals surface area contributed by atoms with Crippen molar-refractivity contribution in [3.8, 4) is 0 Å². The molecule has 0 radical (unpaired) electrons. The van der Waals surface area contributed by atoms with Crippen LogP contribution in [0.25, 0.3) is 0 Å². The summed E-state index contributed by atoms with van der Waals surface area (Å²) in [6.07, 6.45) is 10.5. The maximum atomic E-state index is 14.7. The molecule has 5 aliphatic carbocycles. The van der Waals surface area contributed by atoms with E-state index in [0.29, 0.717) is 25.7 Å². The first-order valence-corrected chi connectivity index (χ1v) is 20.0. The van der Waals surface area contributed by atoms with E-state index in [2.05, 4.69) is 52.2 Å². The van der Waals surface area contributed by atoms with E-state index in [1.165, 1.54) is 10.6 Å². The van der Waals surface area contributed by atoms with Gasteiger partial charge in [0.1, 0.15) is 6.04 Å². The number of amides is 2. The summed E-state index contributed by atoms with van der Waals surface area (Å²) in [6, 6.07) is -1.30. The van der Waals surface area contributed by atoms with Crippen LogP contribution >= 0.6 is 0 Å². The second-order valence-electron chi connectivity index (χ2n) is 21.4. The Morgan fingerprint density at radius 2 is 1.47 bits per heavy atom. The molecular formula is C42H69N3O6.